The maximum absolute atomic E-state index is 13.0. The van der Waals surface area contributed by atoms with Crippen LogP contribution in [0.3, 0.4) is 0 Å². The van der Waals surface area contributed by atoms with Crippen LogP contribution >= 0.6 is 22.6 Å². The van der Waals surface area contributed by atoms with Crippen molar-refractivity contribution in [3.8, 4) is 0 Å². The number of anilines is 1. The largest absolute Gasteiger partial charge is 0.311 e. The van der Waals surface area contributed by atoms with Gasteiger partial charge in [0.15, 0.2) is 0 Å². The minimum absolute atomic E-state index is 0.00976. The monoisotopic (exact) mass is 531 g/mol. The van der Waals surface area contributed by atoms with Crippen LogP contribution in [0, 0.1) is 3.57 Å². The fourth-order valence-electron chi connectivity index (χ4n) is 3.97. The van der Waals surface area contributed by atoms with Crippen molar-refractivity contribution in [1.82, 2.24) is 0 Å². The average molecular weight is 532 g/mol. The normalized spacial score (nSPS) is 10.8. The maximum Gasteiger partial charge on any atom is 0.259 e. The number of nitrogens with zero attached hydrogens (tertiary/aromatic N) is 1. The van der Waals surface area contributed by atoms with E-state index in [4.69, 9.17) is 0 Å². The van der Waals surface area contributed by atoms with Gasteiger partial charge in [0.1, 0.15) is 0 Å². The molecule has 2 nitrogen and oxygen atoms in total. The molecule has 0 saturated heterocycles. The minimum Gasteiger partial charge on any atom is -0.311 e. The number of benzene rings is 2. The first-order valence-electron chi connectivity index (χ1n) is 11.9. The van der Waals surface area contributed by atoms with E-state index in [9.17, 15) is 4.79 Å². The zero-order valence-corrected chi connectivity index (χ0v) is 21.5. The Morgan fingerprint density at radius 2 is 1.55 bits per heavy atom. The number of amides is 1. The molecule has 2 aromatic carbocycles. The highest BCUT2D eigenvalue weighted by Crippen LogP contribution is 2.26. The van der Waals surface area contributed by atoms with Crippen molar-refractivity contribution in [2.75, 3.05) is 11.9 Å². The number of halogens is 1. The second-order valence-corrected chi connectivity index (χ2v) is 9.54. The highest BCUT2D eigenvalue weighted by atomic mass is 127. The fraction of sp³-hybridized carbons (Fsp3) is 0.464. The summed E-state index contributed by atoms with van der Waals surface area (Å²) in [5.74, 6) is 0.00976. The molecule has 0 saturated carbocycles. The summed E-state index contributed by atoms with van der Waals surface area (Å²) < 4.78 is 0.967. The number of rotatable bonds is 14. The number of unbranched alkanes of at least 4 members (excludes halogenated alkanes) is 9. The lowest BCUT2D eigenvalue weighted by Crippen LogP contribution is -2.27. The Bertz CT molecular complexity index is 830. The van der Waals surface area contributed by atoms with Crippen molar-refractivity contribution in [3.63, 3.8) is 0 Å². The van der Waals surface area contributed by atoms with Crippen molar-refractivity contribution >= 4 is 40.3 Å². The third-order valence-electron chi connectivity index (χ3n) is 5.90. The van der Waals surface area contributed by atoms with Crippen LogP contribution in [0.1, 0.15) is 92.6 Å². The van der Waals surface area contributed by atoms with Crippen molar-refractivity contribution < 1.29 is 4.79 Å². The van der Waals surface area contributed by atoms with E-state index in [1.165, 1.54) is 69.8 Å². The van der Waals surface area contributed by atoms with Crippen molar-refractivity contribution in [1.29, 1.82) is 0 Å². The highest BCUT2D eigenvalue weighted by Gasteiger charge is 2.17. The summed E-state index contributed by atoms with van der Waals surface area (Å²) in [6.45, 7) is 6.25. The van der Waals surface area contributed by atoms with Gasteiger partial charge in [-0.05, 0) is 70.8 Å². The third kappa shape index (κ3) is 8.44. The first-order chi connectivity index (χ1) is 15.1. The molecule has 0 N–H and O–H groups in total. The van der Waals surface area contributed by atoms with Gasteiger partial charge in [-0.25, -0.2) is 0 Å². The molecule has 2 aromatic rings. The SMILES string of the molecule is C=Cc1cc(CCCCCCCCCCCC)ccc1N(C)C(=O)c1ccccc1I. The molecule has 1 amide bonds. The summed E-state index contributed by atoms with van der Waals surface area (Å²) in [4.78, 5) is 14.7. The summed E-state index contributed by atoms with van der Waals surface area (Å²) in [6, 6.07) is 14.1. The van der Waals surface area contributed by atoms with Gasteiger partial charge in [0.25, 0.3) is 5.91 Å². The van der Waals surface area contributed by atoms with Gasteiger partial charge in [-0.2, -0.15) is 0 Å². The van der Waals surface area contributed by atoms with Crippen LogP contribution in [-0.4, -0.2) is 13.0 Å². The minimum atomic E-state index is 0.00976. The molecule has 0 spiro atoms. The summed E-state index contributed by atoms with van der Waals surface area (Å²) in [5, 5.41) is 0. The standard InChI is InChI=1S/C28H38INO/c1-4-6-7-8-9-10-11-12-13-14-17-23-20-21-27(24(5-2)22-23)30(3)28(31)25-18-15-16-19-26(25)29/h5,15-16,18-22H,2,4,6-14,17H2,1,3H3. The Morgan fingerprint density at radius 1 is 0.935 bits per heavy atom. The zero-order valence-electron chi connectivity index (χ0n) is 19.3. The molecule has 3 heteroatoms. The Hall–Kier alpha value is -1.62. The van der Waals surface area contributed by atoms with E-state index < -0.39 is 0 Å². The molecular weight excluding hydrogens is 493 g/mol. The van der Waals surface area contributed by atoms with E-state index in [-0.39, 0.29) is 5.91 Å². The molecule has 0 radical (unpaired) electrons. The van der Waals surface area contributed by atoms with Crippen molar-refractivity contribution in [2.24, 2.45) is 0 Å². The average Bonchev–Trinajstić information content (AvgIpc) is 2.79. The maximum atomic E-state index is 13.0. The molecule has 0 atom stereocenters. The number of aryl methyl sites for hydroxylation is 1. The number of hydrogen-bond acceptors (Lipinski definition) is 1. The molecule has 0 aromatic heterocycles. The Morgan fingerprint density at radius 3 is 2.16 bits per heavy atom. The first kappa shape index (κ1) is 25.6. The van der Waals surface area contributed by atoms with Crippen LogP contribution in [0.4, 0.5) is 5.69 Å². The van der Waals surface area contributed by atoms with Gasteiger partial charge in [-0.3, -0.25) is 4.79 Å². The molecule has 0 fully saturated rings. The molecule has 0 aliphatic rings. The zero-order chi connectivity index (χ0) is 22.5. The molecule has 31 heavy (non-hydrogen) atoms. The molecule has 0 aliphatic heterocycles. The van der Waals surface area contributed by atoms with E-state index in [0.29, 0.717) is 0 Å². The van der Waals surface area contributed by atoms with Gasteiger partial charge in [-0.15, -0.1) is 0 Å². The van der Waals surface area contributed by atoms with E-state index >= 15 is 0 Å². The smallest absolute Gasteiger partial charge is 0.259 e. The van der Waals surface area contributed by atoms with E-state index in [1.54, 1.807) is 4.90 Å². The third-order valence-corrected chi connectivity index (χ3v) is 6.84. The lowest BCUT2D eigenvalue weighted by molar-refractivity contribution is 0.0992. The predicted octanol–water partition coefficient (Wildman–Crippen LogP) is 8.67. The van der Waals surface area contributed by atoms with Gasteiger partial charge < -0.3 is 4.90 Å². The van der Waals surface area contributed by atoms with E-state index in [2.05, 4.69) is 54.3 Å². The molecular formula is C28H38INO. The van der Waals surface area contributed by atoms with Crippen LogP contribution in [0.15, 0.2) is 49.0 Å². The lowest BCUT2D eigenvalue weighted by Gasteiger charge is -2.21. The van der Waals surface area contributed by atoms with Gasteiger partial charge in [0.2, 0.25) is 0 Å². The van der Waals surface area contributed by atoms with Crippen molar-refractivity contribution in [2.45, 2.75) is 77.6 Å². The second kappa shape index (κ2) is 14.4. The number of hydrogen-bond donors (Lipinski definition) is 0. The topological polar surface area (TPSA) is 20.3 Å². The second-order valence-electron chi connectivity index (χ2n) is 8.37. The van der Waals surface area contributed by atoms with Crippen LogP contribution < -0.4 is 4.90 Å². The highest BCUT2D eigenvalue weighted by molar-refractivity contribution is 14.1. The lowest BCUT2D eigenvalue weighted by atomic mass is 10.0. The number of carbonyl (C=O) groups excluding carboxylic acids is 1. The summed E-state index contributed by atoms with van der Waals surface area (Å²) >= 11 is 2.22. The van der Waals surface area contributed by atoms with Crippen LogP contribution in [-0.2, 0) is 6.42 Å². The van der Waals surface area contributed by atoms with Crippen LogP contribution in [0.25, 0.3) is 6.08 Å². The predicted molar refractivity (Wildman–Crippen MR) is 144 cm³/mol. The Kier molecular flexibility index (Phi) is 11.9. The summed E-state index contributed by atoms with van der Waals surface area (Å²) in [7, 11) is 1.84. The Balaban J connectivity index is 1.83. The summed E-state index contributed by atoms with van der Waals surface area (Å²) in [5.41, 5.74) is 3.99. The Labute approximate surface area is 203 Å². The molecule has 0 bridgehead atoms. The van der Waals surface area contributed by atoms with Gasteiger partial charge in [0.05, 0.1) is 11.3 Å². The molecule has 0 heterocycles. The van der Waals surface area contributed by atoms with Crippen LogP contribution in [0.2, 0.25) is 0 Å². The van der Waals surface area contributed by atoms with Crippen LogP contribution in [0.5, 0.6) is 0 Å². The molecule has 0 aliphatic carbocycles. The van der Waals surface area contributed by atoms with Gasteiger partial charge in [0, 0.05) is 10.6 Å². The molecule has 0 unspecified atom stereocenters. The van der Waals surface area contributed by atoms with E-state index in [1.807, 2.05) is 37.4 Å². The quantitative estimate of drug-likeness (QED) is 0.176. The van der Waals surface area contributed by atoms with Crippen molar-refractivity contribution in [3.05, 3.63) is 69.3 Å². The summed E-state index contributed by atoms with van der Waals surface area (Å²) in [6.07, 6.45) is 16.5. The molecule has 2 rings (SSSR count). The van der Waals surface area contributed by atoms with E-state index in [0.717, 1.165) is 26.8 Å². The first-order valence-corrected chi connectivity index (χ1v) is 12.9. The molecule has 168 valence electrons. The number of carbonyl (C=O) groups is 1. The fourth-order valence-corrected chi connectivity index (χ4v) is 4.59. The van der Waals surface area contributed by atoms with Gasteiger partial charge in [-0.1, -0.05) is 95.6 Å². The van der Waals surface area contributed by atoms with Gasteiger partial charge >= 0.3 is 0 Å².